The fourth-order valence-electron chi connectivity index (χ4n) is 4.06. The Hall–Kier alpha value is -1.82. The molecule has 6 heteroatoms. The summed E-state index contributed by atoms with van der Waals surface area (Å²) in [7, 11) is 1.75. The fraction of sp³-hybridized carbons (Fsp3) is 0.476. The Labute approximate surface area is 168 Å². The van der Waals surface area contributed by atoms with Crippen molar-refractivity contribution in [1.29, 1.82) is 0 Å². The minimum Gasteiger partial charge on any atom is -0.496 e. The van der Waals surface area contributed by atoms with Gasteiger partial charge in [0.15, 0.2) is 0 Å². The molecule has 3 heterocycles. The average Bonchev–Trinajstić information content (AvgIpc) is 3.24. The molecule has 1 atom stereocenters. The number of methoxy groups -OCH3 is 1. The molecule has 2 aliphatic rings. The monoisotopic (exact) mass is 388 g/mol. The molecule has 0 spiro atoms. The Morgan fingerprint density at radius 3 is 2.67 bits per heavy atom. The first-order valence-electron chi connectivity index (χ1n) is 9.63. The lowest BCUT2D eigenvalue weighted by Gasteiger charge is -2.37. The van der Waals surface area contributed by atoms with E-state index >= 15 is 0 Å². The van der Waals surface area contributed by atoms with Crippen LogP contribution >= 0.6 is 12.4 Å². The van der Waals surface area contributed by atoms with Crippen molar-refractivity contribution in [3.05, 3.63) is 53.7 Å². The van der Waals surface area contributed by atoms with E-state index in [0.717, 1.165) is 50.8 Å². The van der Waals surface area contributed by atoms with Crippen LogP contribution in [0.2, 0.25) is 0 Å². The van der Waals surface area contributed by atoms with Gasteiger partial charge < -0.3 is 15.0 Å². The Bertz CT molecular complexity index is 718. The molecule has 4 rings (SSSR count). The molecule has 0 radical (unpaired) electrons. The van der Waals surface area contributed by atoms with Crippen LogP contribution < -0.4 is 15.0 Å². The van der Waals surface area contributed by atoms with E-state index in [1.807, 2.05) is 6.07 Å². The number of hydrogen-bond donors (Lipinski definition) is 1. The van der Waals surface area contributed by atoms with Gasteiger partial charge in [0.25, 0.3) is 0 Å². The summed E-state index contributed by atoms with van der Waals surface area (Å²) in [6.07, 6.45) is 4.62. The number of hydrogen-bond acceptors (Lipinski definition) is 5. The van der Waals surface area contributed by atoms with Crippen LogP contribution in [0, 0.1) is 0 Å². The van der Waals surface area contributed by atoms with Gasteiger partial charge in [-0.2, -0.15) is 0 Å². The molecule has 0 saturated carbocycles. The number of piperazine rings is 1. The van der Waals surface area contributed by atoms with Crippen molar-refractivity contribution in [1.82, 2.24) is 15.2 Å². The van der Waals surface area contributed by atoms with Gasteiger partial charge in [-0.1, -0.05) is 24.3 Å². The van der Waals surface area contributed by atoms with Crippen LogP contribution in [0.25, 0.3) is 0 Å². The first-order chi connectivity index (χ1) is 12.8. The van der Waals surface area contributed by atoms with E-state index in [2.05, 4.69) is 51.6 Å². The maximum absolute atomic E-state index is 5.60. The summed E-state index contributed by atoms with van der Waals surface area (Å²) in [4.78, 5) is 9.63. The normalized spacial score (nSPS) is 20.3. The molecule has 27 heavy (non-hydrogen) atoms. The molecule has 1 aromatic heterocycles. The third-order valence-electron chi connectivity index (χ3n) is 5.48. The number of aromatic nitrogens is 1. The van der Waals surface area contributed by atoms with Gasteiger partial charge in [0.2, 0.25) is 0 Å². The lowest BCUT2D eigenvalue weighted by atomic mass is 10.0. The predicted molar refractivity (Wildman–Crippen MR) is 112 cm³/mol. The first kappa shape index (κ1) is 19.9. The Kier molecular flexibility index (Phi) is 6.94. The number of para-hydroxylation sites is 1. The maximum Gasteiger partial charge on any atom is 0.128 e. The van der Waals surface area contributed by atoms with E-state index in [4.69, 9.17) is 9.72 Å². The maximum atomic E-state index is 5.60. The van der Waals surface area contributed by atoms with Gasteiger partial charge in [-0.15, -0.1) is 12.4 Å². The van der Waals surface area contributed by atoms with Gasteiger partial charge in [-0.3, -0.25) is 4.90 Å². The largest absolute Gasteiger partial charge is 0.496 e. The van der Waals surface area contributed by atoms with Gasteiger partial charge in [0, 0.05) is 51.0 Å². The molecule has 1 unspecified atom stereocenters. The van der Waals surface area contributed by atoms with Gasteiger partial charge in [0.05, 0.1) is 13.2 Å². The second-order valence-corrected chi connectivity index (χ2v) is 7.15. The van der Waals surface area contributed by atoms with E-state index in [1.165, 1.54) is 24.0 Å². The molecule has 2 aliphatic heterocycles. The summed E-state index contributed by atoms with van der Waals surface area (Å²) < 4.78 is 5.60. The topological polar surface area (TPSA) is 40.6 Å². The van der Waals surface area contributed by atoms with Gasteiger partial charge in [-0.05, 0) is 30.5 Å². The van der Waals surface area contributed by atoms with Crippen molar-refractivity contribution in [2.24, 2.45) is 0 Å². The van der Waals surface area contributed by atoms with Crippen molar-refractivity contribution >= 4 is 18.2 Å². The lowest BCUT2D eigenvalue weighted by Crippen LogP contribution is -2.45. The summed E-state index contributed by atoms with van der Waals surface area (Å²) in [5, 5.41) is 3.53. The van der Waals surface area contributed by atoms with E-state index in [0.29, 0.717) is 6.04 Å². The average molecular weight is 389 g/mol. The smallest absolute Gasteiger partial charge is 0.128 e. The highest BCUT2D eigenvalue weighted by Gasteiger charge is 2.26. The van der Waals surface area contributed by atoms with Gasteiger partial charge in [-0.25, -0.2) is 4.98 Å². The summed E-state index contributed by atoms with van der Waals surface area (Å²) >= 11 is 0. The molecule has 0 aliphatic carbocycles. The first-order valence-corrected chi connectivity index (χ1v) is 9.63. The number of rotatable bonds is 5. The molecule has 0 amide bonds. The number of halogens is 1. The van der Waals surface area contributed by atoms with E-state index in [-0.39, 0.29) is 12.4 Å². The van der Waals surface area contributed by atoms with Crippen molar-refractivity contribution in [3.63, 3.8) is 0 Å². The minimum atomic E-state index is 0. The molecule has 2 fully saturated rings. The van der Waals surface area contributed by atoms with E-state index < -0.39 is 0 Å². The standard InChI is InChI=1S/C21H28N4O.ClH/c1-26-20-7-3-2-6-18(20)19-15-22-10-13-25(19)16-17-8-9-21(23-14-17)24-11-4-5-12-24;/h2-3,6-9,14,19,22H,4-5,10-13,15-16H2,1H3;1H. The van der Waals surface area contributed by atoms with Gasteiger partial charge in [0.1, 0.15) is 11.6 Å². The molecule has 5 nitrogen and oxygen atoms in total. The molecule has 0 bridgehead atoms. The Morgan fingerprint density at radius 1 is 1.11 bits per heavy atom. The quantitative estimate of drug-likeness (QED) is 0.851. The highest BCUT2D eigenvalue weighted by molar-refractivity contribution is 5.85. The third kappa shape index (κ3) is 4.54. The Balaban J connectivity index is 0.00000210. The van der Waals surface area contributed by atoms with Crippen LogP contribution in [0.1, 0.15) is 30.0 Å². The van der Waals surface area contributed by atoms with Crippen molar-refractivity contribution in [2.75, 3.05) is 44.7 Å². The predicted octanol–water partition coefficient (Wildman–Crippen LogP) is 3.26. The van der Waals surface area contributed by atoms with Crippen LogP contribution in [-0.4, -0.2) is 49.7 Å². The zero-order valence-electron chi connectivity index (χ0n) is 15.9. The molecular weight excluding hydrogens is 360 g/mol. The van der Waals surface area contributed by atoms with Crippen molar-refractivity contribution in [3.8, 4) is 5.75 Å². The lowest BCUT2D eigenvalue weighted by molar-refractivity contribution is 0.151. The van der Waals surface area contributed by atoms with Crippen molar-refractivity contribution in [2.45, 2.75) is 25.4 Å². The minimum absolute atomic E-state index is 0. The van der Waals surface area contributed by atoms with Crippen LogP contribution in [0.4, 0.5) is 5.82 Å². The number of anilines is 1. The second kappa shape index (κ2) is 9.40. The highest BCUT2D eigenvalue weighted by Crippen LogP contribution is 2.31. The zero-order chi connectivity index (χ0) is 17.8. The van der Waals surface area contributed by atoms with Crippen LogP contribution in [0.15, 0.2) is 42.6 Å². The summed E-state index contributed by atoms with van der Waals surface area (Å²) in [5.41, 5.74) is 2.53. The van der Waals surface area contributed by atoms with Crippen LogP contribution in [0.3, 0.4) is 0 Å². The summed E-state index contributed by atoms with van der Waals surface area (Å²) in [5.74, 6) is 2.08. The SMILES string of the molecule is COc1ccccc1C1CNCCN1Cc1ccc(N2CCCC2)nc1.Cl. The molecular formula is C21H29ClN4O. The third-order valence-corrected chi connectivity index (χ3v) is 5.48. The molecule has 2 aromatic rings. The Morgan fingerprint density at radius 2 is 1.93 bits per heavy atom. The van der Waals surface area contributed by atoms with Crippen LogP contribution in [-0.2, 0) is 6.54 Å². The van der Waals surface area contributed by atoms with Gasteiger partial charge >= 0.3 is 0 Å². The molecule has 146 valence electrons. The molecule has 1 aromatic carbocycles. The number of nitrogens with zero attached hydrogens (tertiary/aromatic N) is 3. The number of nitrogens with one attached hydrogen (secondary N) is 1. The van der Waals surface area contributed by atoms with E-state index in [1.54, 1.807) is 7.11 Å². The second-order valence-electron chi connectivity index (χ2n) is 7.15. The summed E-state index contributed by atoms with van der Waals surface area (Å²) in [6.45, 7) is 6.18. The fourth-order valence-corrected chi connectivity index (χ4v) is 4.06. The van der Waals surface area contributed by atoms with Crippen molar-refractivity contribution < 1.29 is 4.74 Å². The zero-order valence-corrected chi connectivity index (χ0v) is 16.8. The van der Waals surface area contributed by atoms with Crippen LogP contribution in [0.5, 0.6) is 5.75 Å². The number of benzene rings is 1. The van der Waals surface area contributed by atoms with E-state index in [9.17, 15) is 0 Å². The molecule has 2 saturated heterocycles. The highest BCUT2D eigenvalue weighted by atomic mass is 35.5. The molecule has 1 N–H and O–H groups in total. The summed E-state index contributed by atoms with van der Waals surface area (Å²) in [6, 6.07) is 13.1. The number of ether oxygens (including phenoxy) is 1. The number of pyridine rings is 1.